The second-order valence-corrected chi connectivity index (χ2v) is 6.52. The van der Waals surface area contributed by atoms with Gasteiger partial charge in [0.05, 0.1) is 12.1 Å². The Morgan fingerprint density at radius 1 is 1.22 bits per heavy atom. The van der Waals surface area contributed by atoms with Gasteiger partial charge in [-0.05, 0) is 32.0 Å². The highest BCUT2D eigenvalue weighted by Crippen LogP contribution is 2.21. The lowest BCUT2D eigenvalue weighted by Gasteiger charge is -2.23. The zero-order valence-corrected chi connectivity index (χ0v) is 14.2. The molecule has 2 aromatic rings. The molecule has 0 aliphatic rings. The molecule has 1 aromatic heterocycles. The van der Waals surface area contributed by atoms with Crippen LogP contribution in [0.25, 0.3) is 0 Å². The van der Waals surface area contributed by atoms with Gasteiger partial charge < -0.3 is 10.6 Å². The minimum atomic E-state index is -0.371. The van der Waals surface area contributed by atoms with E-state index in [2.05, 4.69) is 20.9 Å². The van der Waals surface area contributed by atoms with Crippen molar-refractivity contribution in [3.63, 3.8) is 0 Å². The maximum Gasteiger partial charge on any atom is 0.238 e. The predicted octanol–water partition coefficient (Wildman–Crippen LogP) is 2.56. The van der Waals surface area contributed by atoms with E-state index >= 15 is 0 Å². The van der Waals surface area contributed by atoms with Gasteiger partial charge in [0, 0.05) is 29.9 Å². The predicted molar refractivity (Wildman–Crippen MR) is 92.5 cm³/mol. The zero-order valence-electron chi connectivity index (χ0n) is 13.3. The van der Waals surface area contributed by atoms with Crippen molar-refractivity contribution in [1.82, 2.24) is 10.3 Å². The first-order chi connectivity index (χ1) is 10.9. The van der Waals surface area contributed by atoms with Gasteiger partial charge in [-0.2, -0.15) is 0 Å². The smallest absolute Gasteiger partial charge is 0.238 e. The normalized spacial score (nSPS) is 11.1. The van der Waals surface area contributed by atoms with Gasteiger partial charge in [0.25, 0.3) is 0 Å². The van der Waals surface area contributed by atoms with E-state index in [1.807, 2.05) is 19.2 Å². The van der Waals surface area contributed by atoms with E-state index in [1.54, 1.807) is 41.8 Å². The molecule has 0 saturated carbocycles. The monoisotopic (exact) mass is 332 g/mol. The Morgan fingerprint density at radius 2 is 1.91 bits per heavy atom. The molecule has 122 valence electrons. The minimum Gasteiger partial charge on any atom is -0.326 e. The number of rotatable bonds is 6. The number of benzene rings is 1. The summed E-state index contributed by atoms with van der Waals surface area (Å²) in [5, 5.41) is 11.5. The largest absolute Gasteiger partial charge is 0.326 e. The molecule has 0 aliphatic heterocycles. The highest BCUT2D eigenvalue weighted by atomic mass is 32.1. The molecule has 7 heteroatoms. The number of hydrogen-bond donors (Lipinski definition) is 3. The number of thiazole rings is 1. The fourth-order valence-corrected chi connectivity index (χ4v) is 2.73. The summed E-state index contributed by atoms with van der Waals surface area (Å²) in [6.07, 6.45) is 1.75. The van der Waals surface area contributed by atoms with Gasteiger partial charge in [-0.1, -0.05) is 6.07 Å². The Labute approximate surface area is 139 Å². The number of nitrogens with one attached hydrogen (secondary N) is 3. The molecule has 0 radical (unpaired) electrons. The van der Waals surface area contributed by atoms with Crippen molar-refractivity contribution < 1.29 is 9.59 Å². The molecular weight excluding hydrogens is 312 g/mol. The molecule has 0 spiro atoms. The van der Waals surface area contributed by atoms with Gasteiger partial charge in [-0.3, -0.25) is 14.9 Å². The molecule has 2 rings (SSSR count). The quantitative estimate of drug-likeness (QED) is 0.759. The Morgan fingerprint density at radius 3 is 2.52 bits per heavy atom. The lowest BCUT2D eigenvalue weighted by molar-refractivity contribution is -0.116. The van der Waals surface area contributed by atoms with E-state index < -0.39 is 0 Å². The first-order valence-electron chi connectivity index (χ1n) is 7.19. The average Bonchev–Trinajstić information content (AvgIpc) is 3.00. The maximum atomic E-state index is 12.1. The lowest BCUT2D eigenvalue weighted by Crippen LogP contribution is -2.41. The van der Waals surface area contributed by atoms with Crippen LogP contribution in [0.4, 0.5) is 11.4 Å². The van der Waals surface area contributed by atoms with Crippen LogP contribution in [-0.4, -0.2) is 23.3 Å². The zero-order chi connectivity index (χ0) is 16.9. The van der Waals surface area contributed by atoms with Crippen LogP contribution in [-0.2, 0) is 15.1 Å². The van der Waals surface area contributed by atoms with Crippen LogP contribution in [0, 0.1) is 0 Å². The third kappa shape index (κ3) is 5.15. The fourth-order valence-electron chi connectivity index (χ4n) is 1.99. The first kappa shape index (κ1) is 17.1. The van der Waals surface area contributed by atoms with Crippen molar-refractivity contribution in [2.75, 3.05) is 17.2 Å². The van der Waals surface area contributed by atoms with Gasteiger partial charge >= 0.3 is 0 Å². The van der Waals surface area contributed by atoms with Crippen LogP contribution >= 0.6 is 11.3 Å². The third-order valence-electron chi connectivity index (χ3n) is 3.12. The van der Waals surface area contributed by atoms with Crippen molar-refractivity contribution in [3.05, 3.63) is 40.8 Å². The van der Waals surface area contributed by atoms with Crippen LogP contribution in [0.5, 0.6) is 0 Å². The standard InChI is InChI=1S/C16H20N4O2S/c1-11(21)19-12-5-4-6-13(9-12)20-14(22)10-18-16(2,3)15-17-7-8-23-15/h4-9,18H,10H2,1-3H3,(H,19,21)(H,20,22). The van der Waals surface area contributed by atoms with Crippen molar-refractivity contribution >= 4 is 34.5 Å². The van der Waals surface area contributed by atoms with E-state index in [9.17, 15) is 9.59 Å². The van der Waals surface area contributed by atoms with Gasteiger partial charge in [0.1, 0.15) is 5.01 Å². The Bertz CT molecular complexity index is 683. The highest BCUT2D eigenvalue weighted by molar-refractivity contribution is 7.09. The summed E-state index contributed by atoms with van der Waals surface area (Å²) in [6, 6.07) is 7.02. The number of aromatic nitrogens is 1. The second kappa shape index (κ2) is 7.34. The molecule has 1 heterocycles. The molecule has 2 amide bonds. The number of nitrogens with zero attached hydrogens (tertiary/aromatic N) is 1. The first-order valence-corrected chi connectivity index (χ1v) is 8.07. The molecular formula is C16H20N4O2S. The van der Waals surface area contributed by atoms with Crippen LogP contribution < -0.4 is 16.0 Å². The molecule has 23 heavy (non-hydrogen) atoms. The molecule has 6 nitrogen and oxygen atoms in total. The van der Waals surface area contributed by atoms with Crippen LogP contribution in [0.3, 0.4) is 0 Å². The molecule has 0 fully saturated rings. The molecule has 0 saturated heterocycles. The topological polar surface area (TPSA) is 83.1 Å². The molecule has 0 atom stereocenters. The number of anilines is 2. The fraction of sp³-hybridized carbons (Fsp3) is 0.312. The molecule has 0 bridgehead atoms. The molecule has 0 unspecified atom stereocenters. The Balaban J connectivity index is 1.91. The number of carbonyl (C=O) groups excluding carboxylic acids is 2. The van der Waals surface area contributed by atoms with Crippen molar-refractivity contribution in [3.8, 4) is 0 Å². The number of amides is 2. The van der Waals surface area contributed by atoms with E-state index in [4.69, 9.17) is 0 Å². The van der Waals surface area contributed by atoms with Crippen LogP contribution in [0.2, 0.25) is 0 Å². The van der Waals surface area contributed by atoms with Gasteiger partial charge in [0.2, 0.25) is 11.8 Å². The summed E-state index contributed by atoms with van der Waals surface area (Å²) in [4.78, 5) is 27.4. The maximum absolute atomic E-state index is 12.1. The summed E-state index contributed by atoms with van der Waals surface area (Å²) in [7, 11) is 0. The van der Waals surface area contributed by atoms with E-state index in [-0.39, 0.29) is 23.9 Å². The SMILES string of the molecule is CC(=O)Nc1cccc(NC(=O)CNC(C)(C)c2nccs2)c1. The van der Waals surface area contributed by atoms with Crippen LogP contribution in [0.1, 0.15) is 25.8 Å². The summed E-state index contributed by atoms with van der Waals surface area (Å²) >= 11 is 1.55. The summed E-state index contributed by atoms with van der Waals surface area (Å²) < 4.78 is 0. The summed E-state index contributed by atoms with van der Waals surface area (Å²) in [5.74, 6) is -0.310. The van der Waals surface area contributed by atoms with E-state index in [0.717, 1.165) is 5.01 Å². The summed E-state index contributed by atoms with van der Waals surface area (Å²) in [5.41, 5.74) is 0.908. The van der Waals surface area contributed by atoms with Crippen molar-refractivity contribution in [2.45, 2.75) is 26.3 Å². The minimum absolute atomic E-state index is 0.152. The summed E-state index contributed by atoms with van der Waals surface area (Å²) in [6.45, 7) is 5.57. The number of hydrogen-bond acceptors (Lipinski definition) is 5. The third-order valence-corrected chi connectivity index (χ3v) is 4.22. The van der Waals surface area contributed by atoms with Gasteiger partial charge in [-0.15, -0.1) is 11.3 Å². The van der Waals surface area contributed by atoms with Crippen molar-refractivity contribution in [1.29, 1.82) is 0 Å². The van der Waals surface area contributed by atoms with E-state index in [0.29, 0.717) is 11.4 Å². The molecule has 3 N–H and O–H groups in total. The number of carbonyl (C=O) groups is 2. The highest BCUT2D eigenvalue weighted by Gasteiger charge is 2.23. The van der Waals surface area contributed by atoms with Gasteiger partial charge in [-0.25, -0.2) is 4.98 Å². The molecule has 0 aliphatic carbocycles. The lowest BCUT2D eigenvalue weighted by atomic mass is 10.1. The van der Waals surface area contributed by atoms with E-state index in [1.165, 1.54) is 6.92 Å². The second-order valence-electron chi connectivity index (χ2n) is 5.63. The van der Waals surface area contributed by atoms with Gasteiger partial charge in [0.15, 0.2) is 0 Å². The Kier molecular flexibility index (Phi) is 5.46. The van der Waals surface area contributed by atoms with Crippen LogP contribution in [0.15, 0.2) is 35.8 Å². The average molecular weight is 332 g/mol. The van der Waals surface area contributed by atoms with Crippen molar-refractivity contribution in [2.24, 2.45) is 0 Å². The molecule has 1 aromatic carbocycles. The Hall–Kier alpha value is -2.25.